The molecule has 2 aromatic rings. The van der Waals surface area contributed by atoms with Crippen molar-refractivity contribution in [1.29, 1.82) is 0 Å². The van der Waals surface area contributed by atoms with Crippen molar-refractivity contribution in [2.75, 3.05) is 12.4 Å². The van der Waals surface area contributed by atoms with Crippen molar-refractivity contribution in [3.8, 4) is 11.8 Å². The van der Waals surface area contributed by atoms with E-state index in [2.05, 4.69) is 21.8 Å². The Balaban J connectivity index is 2.24. The Labute approximate surface area is 145 Å². The summed E-state index contributed by atoms with van der Waals surface area (Å²) in [5.74, 6) is 3.29. The van der Waals surface area contributed by atoms with Crippen molar-refractivity contribution in [2.24, 2.45) is 5.73 Å². The summed E-state index contributed by atoms with van der Waals surface area (Å²) < 4.78 is 33.5. The summed E-state index contributed by atoms with van der Waals surface area (Å²) in [5, 5.41) is 19.9. The van der Waals surface area contributed by atoms with Gasteiger partial charge in [-0.25, -0.2) is 8.78 Å². The first-order chi connectivity index (χ1) is 12.2. The number of aliphatic hydroxyl groups is 2. The quantitative estimate of drug-likeness (QED) is 0.415. The zero-order valence-electron chi connectivity index (χ0n) is 13.6. The van der Waals surface area contributed by atoms with Gasteiger partial charge in [-0.2, -0.15) is 4.98 Å². The third-order valence-corrected chi connectivity index (χ3v) is 4.25. The first-order valence-corrected chi connectivity index (χ1v) is 7.63. The third-order valence-electron chi connectivity index (χ3n) is 4.25. The Morgan fingerprint density at radius 1 is 1.62 bits per heavy atom. The number of rotatable bonds is 2. The van der Waals surface area contributed by atoms with E-state index in [1.165, 1.54) is 6.92 Å². The number of H-pyrrole nitrogens is 1. The number of ether oxygens (including phenoxy) is 1. The number of alkyl halides is 1. The molecular formula is C15H17F2N5O4. The minimum absolute atomic E-state index is 0.191. The van der Waals surface area contributed by atoms with E-state index < -0.39 is 53.5 Å². The number of hydrogen-bond donors (Lipinski definition) is 5. The molecular weight excluding hydrogens is 352 g/mol. The van der Waals surface area contributed by atoms with Gasteiger partial charge < -0.3 is 26.4 Å². The molecule has 1 aliphatic heterocycles. The van der Waals surface area contributed by atoms with Crippen LogP contribution in [-0.2, 0) is 4.74 Å². The van der Waals surface area contributed by atoms with E-state index in [1.807, 2.05) is 0 Å². The summed E-state index contributed by atoms with van der Waals surface area (Å²) in [7, 11) is 0. The molecule has 5 atom stereocenters. The number of nitrogens with one attached hydrogen (secondary N) is 1. The summed E-state index contributed by atoms with van der Waals surface area (Å²) in [6.07, 6.45) is -4.33. The molecule has 0 bridgehead atoms. The zero-order chi connectivity index (χ0) is 19.2. The second kappa shape index (κ2) is 6.33. The van der Waals surface area contributed by atoms with Gasteiger partial charge in [0.25, 0.3) is 5.56 Å². The summed E-state index contributed by atoms with van der Waals surface area (Å²) in [6.45, 7) is 0.317. The van der Waals surface area contributed by atoms with Crippen LogP contribution < -0.4 is 17.0 Å². The van der Waals surface area contributed by atoms with Crippen LogP contribution in [-0.4, -0.2) is 55.3 Å². The number of aromatic amines is 1. The molecule has 2 aromatic heterocycles. The third kappa shape index (κ3) is 2.63. The van der Waals surface area contributed by atoms with Crippen LogP contribution in [0.2, 0.25) is 0 Å². The number of halogens is 2. The molecule has 9 nitrogen and oxygen atoms in total. The number of aliphatic hydroxyl groups excluding tert-OH is 2. The van der Waals surface area contributed by atoms with Gasteiger partial charge in [0.1, 0.15) is 24.3 Å². The highest BCUT2D eigenvalue weighted by molar-refractivity contribution is 5.77. The van der Waals surface area contributed by atoms with Crippen molar-refractivity contribution in [2.45, 2.75) is 37.0 Å². The maximum Gasteiger partial charge on any atom is 0.264 e. The predicted octanol–water partition coefficient (Wildman–Crippen LogP) is -1.24. The van der Waals surface area contributed by atoms with Crippen LogP contribution in [0.3, 0.4) is 0 Å². The Bertz CT molecular complexity index is 963. The average molecular weight is 369 g/mol. The summed E-state index contributed by atoms with van der Waals surface area (Å²) >= 11 is 0. The van der Waals surface area contributed by atoms with Gasteiger partial charge in [0.05, 0.1) is 6.10 Å². The predicted molar refractivity (Wildman–Crippen MR) is 87.0 cm³/mol. The zero-order valence-corrected chi connectivity index (χ0v) is 13.6. The van der Waals surface area contributed by atoms with Gasteiger partial charge in [-0.15, -0.1) is 0 Å². The van der Waals surface area contributed by atoms with Crippen molar-refractivity contribution in [3.05, 3.63) is 22.4 Å². The fraction of sp³-hybridized carbons (Fsp3) is 0.467. The summed E-state index contributed by atoms with van der Waals surface area (Å²) in [4.78, 5) is 18.0. The minimum Gasteiger partial charge on any atom is -0.391 e. The Hall–Kier alpha value is -2.52. The molecule has 26 heavy (non-hydrogen) atoms. The van der Waals surface area contributed by atoms with E-state index in [0.29, 0.717) is 0 Å². The molecule has 0 amide bonds. The lowest BCUT2D eigenvalue weighted by atomic mass is 9.90. The standard InChI is InChI=1S/C15H17F2N5O4/c1-6(23)9-10(24)15(19,3-2-4-16)13(26-9)22-5-7(17)8-11(22)20-14(18)21-12(8)25/h5-6,9-10,13,23-24H,4,19H2,1H3,(H3,18,20,21,25)/t6-,9-,10+,13-,15?/m1/s1. The molecule has 140 valence electrons. The Kier molecular flexibility index (Phi) is 4.45. The van der Waals surface area contributed by atoms with Gasteiger partial charge in [0.15, 0.2) is 23.2 Å². The molecule has 0 aromatic carbocycles. The SMILES string of the molecule is C[C@@H](O)[C@H]1O[C@@H](n2cc(F)c3c(=O)[nH]c(N)nc32)C(N)(C#CCF)[C@H]1O. The lowest BCUT2D eigenvalue weighted by Crippen LogP contribution is -2.54. The molecule has 1 aliphatic rings. The van der Waals surface area contributed by atoms with Gasteiger partial charge in [-0.3, -0.25) is 14.3 Å². The van der Waals surface area contributed by atoms with E-state index in [9.17, 15) is 23.8 Å². The number of anilines is 1. The van der Waals surface area contributed by atoms with Crippen molar-refractivity contribution >= 4 is 17.0 Å². The van der Waals surface area contributed by atoms with Crippen LogP contribution >= 0.6 is 0 Å². The van der Waals surface area contributed by atoms with Crippen LogP contribution in [0, 0.1) is 17.7 Å². The van der Waals surface area contributed by atoms with Crippen molar-refractivity contribution in [3.63, 3.8) is 0 Å². The van der Waals surface area contributed by atoms with E-state index >= 15 is 0 Å². The number of nitrogens with two attached hydrogens (primary N) is 2. The maximum atomic E-state index is 14.3. The Morgan fingerprint density at radius 2 is 2.31 bits per heavy atom. The number of aromatic nitrogens is 3. The minimum atomic E-state index is -1.90. The molecule has 3 heterocycles. The van der Waals surface area contributed by atoms with E-state index in [-0.39, 0.29) is 11.6 Å². The van der Waals surface area contributed by atoms with Gasteiger partial charge in [0.2, 0.25) is 5.95 Å². The van der Waals surface area contributed by atoms with Crippen LogP contribution in [0.1, 0.15) is 13.2 Å². The smallest absolute Gasteiger partial charge is 0.264 e. The topological polar surface area (TPSA) is 152 Å². The van der Waals surface area contributed by atoms with Gasteiger partial charge in [-0.05, 0) is 6.92 Å². The van der Waals surface area contributed by atoms with Crippen LogP contribution in [0.4, 0.5) is 14.7 Å². The lowest BCUT2D eigenvalue weighted by Gasteiger charge is -2.28. The van der Waals surface area contributed by atoms with E-state index in [1.54, 1.807) is 0 Å². The molecule has 1 unspecified atom stereocenters. The Morgan fingerprint density at radius 3 is 2.92 bits per heavy atom. The number of nitrogens with zero attached hydrogens (tertiary/aromatic N) is 2. The largest absolute Gasteiger partial charge is 0.391 e. The monoisotopic (exact) mass is 369 g/mol. The van der Waals surface area contributed by atoms with Gasteiger partial charge in [-0.1, -0.05) is 11.8 Å². The fourth-order valence-electron chi connectivity index (χ4n) is 3.06. The van der Waals surface area contributed by atoms with Crippen LogP contribution in [0.25, 0.3) is 11.0 Å². The molecule has 3 rings (SSSR count). The summed E-state index contributed by atoms with van der Waals surface area (Å²) in [6, 6.07) is 0. The molecule has 11 heteroatoms. The number of nitrogen functional groups attached to an aromatic ring is 1. The first kappa shape index (κ1) is 18.3. The highest BCUT2D eigenvalue weighted by atomic mass is 19.1. The number of hydrogen-bond acceptors (Lipinski definition) is 7. The van der Waals surface area contributed by atoms with Crippen molar-refractivity contribution < 1.29 is 23.7 Å². The highest BCUT2D eigenvalue weighted by Gasteiger charge is 2.56. The maximum absolute atomic E-state index is 14.3. The van der Waals surface area contributed by atoms with Crippen LogP contribution in [0.5, 0.6) is 0 Å². The van der Waals surface area contributed by atoms with E-state index in [0.717, 1.165) is 10.8 Å². The molecule has 1 fully saturated rings. The fourth-order valence-corrected chi connectivity index (χ4v) is 3.06. The average Bonchev–Trinajstić information content (AvgIpc) is 3.01. The first-order valence-electron chi connectivity index (χ1n) is 7.63. The second-order valence-corrected chi connectivity index (χ2v) is 6.04. The molecule has 0 saturated carbocycles. The normalized spacial score (nSPS) is 29.5. The van der Waals surface area contributed by atoms with Gasteiger partial charge >= 0.3 is 0 Å². The molecule has 0 radical (unpaired) electrons. The highest BCUT2D eigenvalue weighted by Crippen LogP contribution is 2.39. The molecule has 7 N–H and O–H groups in total. The lowest BCUT2D eigenvalue weighted by molar-refractivity contribution is -0.0756. The van der Waals surface area contributed by atoms with Crippen LogP contribution in [0.15, 0.2) is 11.0 Å². The second-order valence-electron chi connectivity index (χ2n) is 6.04. The summed E-state index contributed by atoms with van der Waals surface area (Å²) in [5.41, 5.74) is 8.76. The van der Waals surface area contributed by atoms with Gasteiger partial charge in [0, 0.05) is 6.20 Å². The molecule has 0 aliphatic carbocycles. The van der Waals surface area contributed by atoms with Crippen molar-refractivity contribution in [1.82, 2.24) is 14.5 Å². The molecule has 1 saturated heterocycles. The number of fused-ring (bicyclic) bond motifs is 1. The van der Waals surface area contributed by atoms with E-state index in [4.69, 9.17) is 16.2 Å². The molecule has 0 spiro atoms.